The number of rotatable bonds is 2. The molecule has 3 heterocycles. The number of nitrogens with two attached hydrogens (primary N) is 1. The molecule has 3 amide bonds. The summed E-state index contributed by atoms with van der Waals surface area (Å²) in [6, 6.07) is 7.15. The minimum Gasteiger partial charge on any atom is -0.384 e. The molecule has 2 aromatic rings. The maximum absolute atomic E-state index is 15.0. The number of fused-ring (bicyclic) bond motifs is 1. The van der Waals surface area contributed by atoms with Gasteiger partial charge in [0.2, 0.25) is 11.8 Å². The minimum atomic E-state index is -0.777. The summed E-state index contributed by atoms with van der Waals surface area (Å²) < 4.78 is 15.0. The normalized spacial score (nSPS) is 19.5. The van der Waals surface area contributed by atoms with Crippen LogP contribution in [0.15, 0.2) is 30.3 Å². The number of imide groups is 1. The number of hydrogen-bond donors (Lipinski definition) is 2. The molecule has 2 aliphatic heterocycles. The lowest BCUT2D eigenvalue weighted by molar-refractivity contribution is -0.136. The van der Waals surface area contributed by atoms with Crippen molar-refractivity contribution in [1.82, 2.24) is 15.2 Å². The Bertz CT molecular complexity index is 959. The molecular formula is C18H15FN4O3. The number of nitrogens with zero attached hydrogens (tertiary/aromatic N) is 2. The lowest BCUT2D eigenvalue weighted by Crippen LogP contribution is -2.52. The standard InChI is InChI=1S/C18H15FN4O3/c19-16-10(12-2-1-3-14(20)21-12)5-4-9-11(16)8-23(18(9)26)13-6-7-15(24)22-17(13)25/h1-5,13H,6-8H2,(H2,20,21)(H,22,24,25). The summed E-state index contributed by atoms with van der Waals surface area (Å²) in [4.78, 5) is 41.4. The van der Waals surface area contributed by atoms with Gasteiger partial charge in [0.15, 0.2) is 0 Å². The molecule has 1 unspecified atom stereocenters. The average molecular weight is 354 g/mol. The minimum absolute atomic E-state index is 0.0254. The van der Waals surface area contributed by atoms with Gasteiger partial charge in [0.05, 0.1) is 12.2 Å². The number of pyridine rings is 1. The first-order chi connectivity index (χ1) is 12.5. The molecule has 1 saturated heterocycles. The fourth-order valence-corrected chi connectivity index (χ4v) is 3.40. The zero-order valence-electron chi connectivity index (χ0n) is 13.7. The molecule has 0 bridgehead atoms. The highest BCUT2D eigenvalue weighted by atomic mass is 19.1. The fraction of sp³-hybridized carbons (Fsp3) is 0.222. The maximum Gasteiger partial charge on any atom is 0.255 e. The van der Waals surface area contributed by atoms with E-state index in [9.17, 15) is 14.4 Å². The van der Waals surface area contributed by atoms with Crippen LogP contribution in [0.1, 0.15) is 28.8 Å². The zero-order valence-corrected chi connectivity index (χ0v) is 13.7. The number of hydrogen-bond acceptors (Lipinski definition) is 5. The number of carbonyl (C=O) groups is 3. The first-order valence-corrected chi connectivity index (χ1v) is 8.14. The SMILES string of the molecule is Nc1cccc(-c2ccc3c(c2F)CN(C2CCC(=O)NC2=O)C3=O)n1. The molecule has 1 fully saturated rings. The predicted molar refractivity (Wildman–Crippen MR) is 90.1 cm³/mol. The summed E-state index contributed by atoms with van der Waals surface area (Å²) in [6.45, 7) is -0.0254. The number of piperidine rings is 1. The van der Waals surface area contributed by atoms with Gasteiger partial charge in [-0.15, -0.1) is 0 Å². The van der Waals surface area contributed by atoms with Gasteiger partial charge >= 0.3 is 0 Å². The van der Waals surface area contributed by atoms with Gasteiger partial charge in [-0.25, -0.2) is 9.37 Å². The van der Waals surface area contributed by atoms with Gasteiger partial charge in [0, 0.05) is 23.1 Å². The number of nitrogens with one attached hydrogen (secondary N) is 1. The van der Waals surface area contributed by atoms with E-state index in [1.165, 1.54) is 17.0 Å². The summed E-state index contributed by atoms with van der Waals surface area (Å²) >= 11 is 0. The van der Waals surface area contributed by atoms with Crippen molar-refractivity contribution in [2.45, 2.75) is 25.4 Å². The summed E-state index contributed by atoms with van der Waals surface area (Å²) in [5.74, 6) is -1.59. The van der Waals surface area contributed by atoms with Crippen molar-refractivity contribution < 1.29 is 18.8 Å². The second-order valence-corrected chi connectivity index (χ2v) is 6.30. The zero-order chi connectivity index (χ0) is 18.4. The second kappa shape index (κ2) is 5.91. The molecule has 0 aliphatic carbocycles. The summed E-state index contributed by atoms with van der Waals surface area (Å²) in [7, 11) is 0. The van der Waals surface area contributed by atoms with E-state index in [0.717, 1.165) is 0 Å². The number of benzene rings is 1. The molecule has 7 nitrogen and oxygen atoms in total. The number of carbonyl (C=O) groups excluding carboxylic acids is 3. The number of halogens is 1. The fourth-order valence-electron chi connectivity index (χ4n) is 3.40. The van der Waals surface area contributed by atoms with Crippen molar-refractivity contribution in [1.29, 1.82) is 0 Å². The van der Waals surface area contributed by atoms with Gasteiger partial charge in [-0.05, 0) is 30.7 Å². The van der Waals surface area contributed by atoms with Crippen LogP contribution >= 0.6 is 0 Å². The first-order valence-electron chi connectivity index (χ1n) is 8.14. The third kappa shape index (κ3) is 2.50. The summed E-state index contributed by atoms with van der Waals surface area (Å²) in [5, 5.41) is 2.22. The first kappa shape index (κ1) is 16.2. The Labute approximate surface area is 148 Å². The van der Waals surface area contributed by atoms with E-state index in [1.54, 1.807) is 18.2 Å². The molecule has 8 heteroatoms. The molecule has 0 spiro atoms. The Morgan fingerprint density at radius 1 is 1.15 bits per heavy atom. The lowest BCUT2D eigenvalue weighted by atomic mass is 10.0. The van der Waals surface area contributed by atoms with Gasteiger partial charge in [-0.3, -0.25) is 19.7 Å². The van der Waals surface area contributed by atoms with Crippen LogP contribution in [0.3, 0.4) is 0 Å². The van der Waals surface area contributed by atoms with Crippen molar-refractivity contribution >= 4 is 23.5 Å². The largest absolute Gasteiger partial charge is 0.384 e. The third-order valence-electron chi connectivity index (χ3n) is 4.70. The van der Waals surface area contributed by atoms with E-state index in [2.05, 4.69) is 10.3 Å². The van der Waals surface area contributed by atoms with Crippen LogP contribution in [0.2, 0.25) is 0 Å². The highest BCUT2D eigenvalue weighted by Crippen LogP contribution is 2.33. The Morgan fingerprint density at radius 3 is 2.65 bits per heavy atom. The van der Waals surface area contributed by atoms with E-state index >= 15 is 4.39 Å². The molecule has 4 rings (SSSR count). The molecule has 0 radical (unpaired) electrons. The molecule has 26 heavy (non-hydrogen) atoms. The topological polar surface area (TPSA) is 105 Å². The number of aromatic nitrogens is 1. The summed E-state index contributed by atoms with van der Waals surface area (Å²) in [5.41, 5.74) is 6.72. The van der Waals surface area contributed by atoms with Crippen LogP contribution in [0, 0.1) is 5.82 Å². The van der Waals surface area contributed by atoms with Crippen LogP contribution in [0.4, 0.5) is 10.2 Å². The van der Waals surface area contributed by atoms with Crippen molar-refractivity contribution in [2.75, 3.05) is 5.73 Å². The highest BCUT2D eigenvalue weighted by molar-refractivity contribution is 6.05. The van der Waals surface area contributed by atoms with Crippen molar-refractivity contribution in [2.24, 2.45) is 0 Å². The molecule has 1 aromatic heterocycles. The number of nitrogen functional groups attached to an aromatic ring is 1. The molecule has 1 atom stereocenters. The maximum atomic E-state index is 15.0. The molecule has 1 aromatic carbocycles. The van der Waals surface area contributed by atoms with Crippen LogP contribution in [0.25, 0.3) is 11.3 Å². The molecule has 0 saturated carbocycles. The van der Waals surface area contributed by atoms with Crippen molar-refractivity contribution in [3.05, 3.63) is 47.3 Å². The van der Waals surface area contributed by atoms with Crippen LogP contribution in [-0.4, -0.2) is 33.6 Å². The Morgan fingerprint density at radius 2 is 1.92 bits per heavy atom. The molecule has 132 valence electrons. The van der Waals surface area contributed by atoms with Crippen LogP contribution in [-0.2, 0) is 16.1 Å². The number of anilines is 1. The average Bonchev–Trinajstić information content (AvgIpc) is 2.93. The second-order valence-electron chi connectivity index (χ2n) is 6.30. The molecular weight excluding hydrogens is 339 g/mol. The van der Waals surface area contributed by atoms with Crippen molar-refractivity contribution in [3.8, 4) is 11.3 Å². The van der Waals surface area contributed by atoms with Crippen LogP contribution < -0.4 is 11.1 Å². The Balaban J connectivity index is 1.69. The third-order valence-corrected chi connectivity index (χ3v) is 4.70. The van der Waals surface area contributed by atoms with E-state index in [0.29, 0.717) is 5.69 Å². The van der Waals surface area contributed by atoms with E-state index in [-0.39, 0.29) is 47.8 Å². The molecule has 2 aliphatic rings. The molecule has 3 N–H and O–H groups in total. The van der Waals surface area contributed by atoms with E-state index < -0.39 is 23.7 Å². The predicted octanol–water partition coefficient (Wildman–Crippen LogP) is 1.23. The smallest absolute Gasteiger partial charge is 0.255 e. The summed E-state index contributed by atoms with van der Waals surface area (Å²) in [6.07, 6.45) is 0.382. The van der Waals surface area contributed by atoms with E-state index in [1.807, 2.05) is 0 Å². The number of amides is 3. The Kier molecular flexibility index (Phi) is 3.68. The van der Waals surface area contributed by atoms with Gasteiger partial charge < -0.3 is 10.6 Å². The van der Waals surface area contributed by atoms with Gasteiger partial charge in [-0.1, -0.05) is 6.07 Å². The quantitative estimate of drug-likeness (QED) is 0.789. The van der Waals surface area contributed by atoms with Gasteiger partial charge in [0.1, 0.15) is 17.7 Å². The van der Waals surface area contributed by atoms with Crippen molar-refractivity contribution in [3.63, 3.8) is 0 Å². The van der Waals surface area contributed by atoms with E-state index in [4.69, 9.17) is 5.73 Å². The Hall–Kier alpha value is -3.29. The monoisotopic (exact) mass is 354 g/mol. The van der Waals surface area contributed by atoms with Gasteiger partial charge in [0.25, 0.3) is 5.91 Å². The lowest BCUT2D eigenvalue weighted by Gasteiger charge is -2.29. The van der Waals surface area contributed by atoms with Gasteiger partial charge in [-0.2, -0.15) is 0 Å². The highest BCUT2D eigenvalue weighted by Gasteiger charge is 2.40. The van der Waals surface area contributed by atoms with Crippen LogP contribution in [0.5, 0.6) is 0 Å².